The van der Waals surface area contributed by atoms with Crippen molar-refractivity contribution in [2.45, 2.75) is 19.4 Å². The quantitative estimate of drug-likeness (QED) is 0.854. The molecule has 0 aliphatic carbocycles. The van der Waals surface area contributed by atoms with Crippen LogP contribution in [0.3, 0.4) is 0 Å². The minimum absolute atomic E-state index is 0.00565. The molecule has 0 fully saturated rings. The molecule has 1 atom stereocenters. The van der Waals surface area contributed by atoms with Gasteiger partial charge >= 0.3 is 0 Å². The van der Waals surface area contributed by atoms with Gasteiger partial charge in [-0.05, 0) is 13.0 Å². The third kappa shape index (κ3) is 2.43. The summed E-state index contributed by atoms with van der Waals surface area (Å²) in [6.07, 6.45) is 4.55. The van der Waals surface area contributed by atoms with Gasteiger partial charge in [-0.25, -0.2) is 4.98 Å². The maximum atomic E-state index is 6.07. The number of hydrogen-bond acceptors (Lipinski definition) is 4. The number of hydrogen-bond donors (Lipinski definition) is 1. The van der Waals surface area contributed by atoms with Gasteiger partial charge in [0.25, 0.3) is 0 Å². The second kappa shape index (κ2) is 4.12. The molecule has 0 aliphatic rings. The Morgan fingerprint density at radius 2 is 2.40 bits per heavy atom. The van der Waals surface area contributed by atoms with Gasteiger partial charge < -0.3 is 5.73 Å². The number of thiazole rings is 1. The largest absolute Gasteiger partial charge is 0.323 e. The molecule has 2 rings (SSSR count). The molecule has 0 spiro atoms. The Bertz CT molecular complexity index is 446. The number of aryl methyl sites for hydroxylation is 2. The molecule has 4 nitrogen and oxygen atoms in total. The van der Waals surface area contributed by atoms with Crippen molar-refractivity contribution < 1.29 is 0 Å². The molecule has 0 radical (unpaired) electrons. The summed E-state index contributed by atoms with van der Waals surface area (Å²) in [6.45, 7) is 1.99. The van der Waals surface area contributed by atoms with Crippen LogP contribution in [0.1, 0.15) is 21.6 Å². The van der Waals surface area contributed by atoms with Gasteiger partial charge in [-0.2, -0.15) is 5.10 Å². The van der Waals surface area contributed by atoms with E-state index >= 15 is 0 Å². The predicted octanol–water partition coefficient (Wildman–Crippen LogP) is 1.43. The van der Waals surface area contributed by atoms with Crippen LogP contribution in [0, 0.1) is 6.92 Å². The fraction of sp³-hybridized carbons (Fsp3) is 0.400. The van der Waals surface area contributed by atoms with Gasteiger partial charge in [0.15, 0.2) is 0 Å². The molecule has 0 saturated carbocycles. The summed E-state index contributed by atoms with van der Waals surface area (Å²) >= 11 is 1.65. The van der Waals surface area contributed by atoms with Crippen molar-refractivity contribution in [1.82, 2.24) is 14.8 Å². The molecule has 80 valence electrons. The normalized spacial score (nSPS) is 13.0. The lowest BCUT2D eigenvalue weighted by atomic mass is 10.1. The van der Waals surface area contributed by atoms with Crippen LogP contribution in [0.15, 0.2) is 18.5 Å². The summed E-state index contributed by atoms with van der Waals surface area (Å²) in [7, 11) is 1.91. The Morgan fingerprint density at radius 1 is 1.60 bits per heavy atom. The van der Waals surface area contributed by atoms with Gasteiger partial charge in [0, 0.05) is 36.8 Å². The average molecular weight is 222 g/mol. The molecule has 1 unspecified atom stereocenters. The molecule has 0 aromatic carbocycles. The van der Waals surface area contributed by atoms with Crippen LogP contribution in [0.2, 0.25) is 0 Å². The third-order valence-electron chi connectivity index (χ3n) is 2.20. The fourth-order valence-corrected chi connectivity index (χ4v) is 2.23. The van der Waals surface area contributed by atoms with Crippen LogP contribution >= 0.6 is 11.3 Å². The van der Waals surface area contributed by atoms with E-state index in [1.807, 2.05) is 32.4 Å². The summed E-state index contributed by atoms with van der Waals surface area (Å²) in [5.74, 6) is 0. The van der Waals surface area contributed by atoms with Crippen molar-refractivity contribution in [2.24, 2.45) is 12.8 Å². The SMILES string of the molecule is Cc1ncc(C(N)Cc2ccn(C)n2)s1. The van der Waals surface area contributed by atoms with Gasteiger partial charge in [-0.3, -0.25) is 4.68 Å². The third-order valence-corrected chi connectivity index (χ3v) is 3.25. The molecule has 0 aliphatic heterocycles. The summed E-state index contributed by atoms with van der Waals surface area (Å²) in [6, 6.07) is 2.00. The highest BCUT2D eigenvalue weighted by atomic mass is 32.1. The van der Waals surface area contributed by atoms with Crippen molar-refractivity contribution in [2.75, 3.05) is 0 Å². The van der Waals surface area contributed by atoms with Gasteiger partial charge in [-0.1, -0.05) is 0 Å². The molecule has 2 aromatic heterocycles. The molecule has 0 amide bonds. The molecule has 0 bridgehead atoms. The van der Waals surface area contributed by atoms with Crippen molar-refractivity contribution in [3.63, 3.8) is 0 Å². The Balaban J connectivity index is 2.06. The van der Waals surface area contributed by atoms with E-state index in [-0.39, 0.29) is 6.04 Å². The number of nitrogens with two attached hydrogens (primary N) is 1. The first-order valence-electron chi connectivity index (χ1n) is 4.81. The van der Waals surface area contributed by atoms with Crippen molar-refractivity contribution in [3.8, 4) is 0 Å². The van der Waals surface area contributed by atoms with E-state index in [2.05, 4.69) is 10.1 Å². The first kappa shape index (κ1) is 10.3. The van der Waals surface area contributed by atoms with Crippen molar-refractivity contribution in [3.05, 3.63) is 34.0 Å². The van der Waals surface area contributed by atoms with Crippen LogP contribution in [-0.2, 0) is 13.5 Å². The van der Waals surface area contributed by atoms with E-state index in [9.17, 15) is 0 Å². The lowest BCUT2D eigenvalue weighted by molar-refractivity contribution is 0.682. The highest BCUT2D eigenvalue weighted by molar-refractivity contribution is 7.11. The lowest BCUT2D eigenvalue weighted by Gasteiger charge is -2.05. The second-order valence-electron chi connectivity index (χ2n) is 3.57. The Hall–Kier alpha value is -1.20. The molecule has 2 N–H and O–H groups in total. The highest BCUT2D eigenvalue weighted by Gasteiger charge is 2.11. The van der Waals surface area contributed by atoms with Gasteiger partial charge in [-0.15, -0.1) is 11.3 Å². The van der Waals surface area contributed by atoms with E-state index in [1.54, 1.807) is 16.0 Å². The second-order valence-corrected chi connectivity index (χ2v) is 4.84. The number of rotatable bonds is 3. The van der Waals surface area contributed by atoms with E-state index < -0.39 is 0 Å². The lowest BCUT2D eigenvalue weighted by Crippen LogP contribution is -2.12. The number of aromatic nitrogens is 3. The standard InChI is InChI=1S/C10H14N4S/c1-7-12-6-10(15-7)9(11)5-8-3-4-14(2)13-8/h3-4,6,9H,5,11H2,1-2H3. The first-order chi connectivity index (χ1) is 7.15. The minimum atomic E-state index is 0.00565. The Labute approximate surface area is 92.8 Å². The smallest absolute Gasteiger partial charge is 0.0897 e. The van der Waals surface area contributed by atoms with Crippen LogP contribution in [0.4, 0.5) is 0 Å². The summed E-state index contributed by atoms with van der Waals surface area (Å²) < 4.78 is 1.79. The van der Waals surface area contributed by atoms with Crippen molar-refractivity contribution in [1.29, 1.82) is 0 Å². The zero-order chi connectivity index (χ0) is 10.8. The molecule has 2 heterocycles. The maximum absolute atomic E-state index is 6.07. The fourth-order valence-electron chi connectivity index (χ4n) is 1.45. The molecular formula is C10H14N4S. The summed E-state index contributed by atoms with van der Waals surface area (Å²) in [5.41, 5.74) is 7.09. The van der Waals surface area contributed by atoms with Gasteiger partial charge in [0.1, 0.15) is 0 Å². The van der Waals surface area contributed by atoms with E-state index in [0.717, 1.165) is 22.0 Å². The van der Waals surface area contributed by atoms with Crippen LogP contribution in [-0.4, -0.2) is 14.8 Å². The molecule has 0 saturated heterocycles. The zero-order valence-electron chi connectivity index (χ0n) is 8.84. The minimum Gasteiger partial charge on any atom is -0.323 e. The van der Waals surface area contributed by atoms with E-state index in [1.165, 1.54) is 0 Å². The summed E-state index contributed by atoms with van der Waals surface area (Å²) in [4.78, 5) is 5.32. The maximum Gasteiger partial charge on any atom is 0.0897 e. The van der Waals surface area contributed by atoms with Gasteiger partial charge in [0.05, 0.1) is 10.7 Å². The van der Waals surface area contributed by atoms with Crippen LogP contribution in [0.5, 0.6) is 0 Å². The Morgan fingerprint density at radius 3 is 2.93 bits per heavy atom. The number of nitrogens with zero attached hydrogens (tertiary/aromatic N) is 3. The summed E-state index contributed by atoms with van der Waals surface area (Å²) in [5, 5.41) is 5.36. The van der Waals surface area contributed by atoms with E-state index in [4.69, 9.17) is 5.73 Å². The predicted molar refractivity (Wildman–Crippen MR) is 60.7 cm³/mol. The molecule has 5 heteroatoms. The monoisotopic (exact) mass is 222 g/mol. The van der Waals surface area contributed by atoms with Gasteiger partial charge in [0.2, 0.25) is 0 Å². The van der Waals surface area contributed by atoms with Crippen LogP contribution in [0.25, 0.3) is 0 Å². The highest BCUT2D eigenvalue weighted by Crippen LogP contribution is 2.21. The topological polar surface area (TPSA) is 56.7 Å². The molecule has 15 heavy (non-hydrogen) atoms. The average Bonchev–Trinajstić information content (AvgIpc) is 2.75. The first-order valence-corrected chi connectivity index (χ1v) is 5.63. The van der Waals surface area contributed by atoms with Crippen LogP contribution < -0.4 is 5.73 Å². The zero-order valence-corrected chi connectivity index (χ0v) is 9.66. The molecule has 2 aromatic rings. The Kier molecular flexibility index (Phi) is 2.83. The van der Waals surface area contributed by atoms with E-state index in [0.29, 0.717) is 0 Å². The van der Waals surface area contributed by atoms with Crippen molar-refractivity contribution >= 4 is 11.3 Å². The molecular weight excluding hydrogens is 208 g/mol.